The van der Waals surface area contributed by atoms with Gasteiger partial charge in [0.1, 0.15) is 17.6 Å². The SMILES string of the molecule is CCNC(=O)C(CC)N(Cc1ccc(F)cc1)C(=O)COc1cc(C)c(Br)c(C)c1. The summed E-state index contributed by atoms with van der Waals surface area (Å²) in [4.78, 5) is 27.1. The van der Waals surface area contributed by atoms with Gasteiger partial charge in [0.05, 0.1) is 0 Å². The van der Waals surface area contributed by atoms with Gasteiger partial charge >= 0.3 is 0 Å². The van der Waals surface area contributed by atoms with Gasteiger partial charge in [-0.2, -0.15) is 0 Å². The minimum absolute atomic E-state index is 0.191. The molecule has 0 fully saturated rings. The number of hydrogen-bond acceptors (Lipinski definition) is 3. The normalized spacial score (nSPS) is 11.7. The molecule has 162 valence electrons. The molecule has 0 aromatic heterocycles. The lowest BCUT2D eigenvalue weighted by atomic mass is 10.1. The van der Waals surface area contributed by atoms with E-state index >= 15 is 0 Å². The Morgan fingerprint density at radius 1 is 1.13 bits per heavy atom. The largest absolute Gasteiger partial charge is 0.484 e. The van der Waals surface area contributed by atoms with Gasteiger partial charge in [0.25, 0.3) is 5.91 Å². The van der Waals surface area contributed by atoms with Crippen molar-refractivity contribution in [2.75, 3.05) is 13.2 Å². The molecule has 0 aliphatic rings. The van der Waals surface area contributed by atoms with Gasteiger partial charge in [0.15, 0.2) is 6.61 Å². The highest BCUT2D eigenvalue weighted by Gasteiger charge is 2.28. The van der Waals surface area contributed by atoms with E-state index in [0.717, 1.165) is 21.2 Å². The van der Waals surface area contributed by atoms with Gasteiger partial charge in [-0.1, -0.05) is 35.0 Å². The van der Waals surface area contributed by atoms with Crippen LogP contribution < -0.4 is 10.1 Å². The van der Waals surface area contributed by atoms with Gasteiger partial charge in [0.2, 0.25) is 5.91 Å². The number of carbonyl (C=O) groups is 2. The number of hydrogen-bond donors (Lipinski definition) is 1. The van der Waals surface area contributed by atoms with Crippen LogP contribution in [0.15, 0.2) is 40.9 Å². The molecular formula is C23H28BrFN2O3. The molecule has 0 aliphatic carbocycles. The Labute approximate surface area is 185 Å². The zero-order valence-electron chi connectivity index (χ0n) is 17.8. The lowest BCUT2D eigenvalue weighted by molar-refractivity contribution is -0.142. The summed E-state index contributed by atoms with van der Waals surface area (Å²) in [6.45, 7) is 8.06. The van der Waals surface area contributed by atoms with Gasteiger partial charge in [-0.15, -0.1) is 0 Å². The maximum atomic E-state index is 13.3. The standard InChI is InChI=1S/C23H28BrFN2O3/c1-5-20(23(29)26-6-2)27(13-17-7-9-18(25)10-8-17)21(28)14-30-19-11-15(3)22(24)16(4)12-19/h7-12,20H,5-6,13-14H2,1-4H3,(H,26,29). The molecule has 2 amide bonds. The van der Waals surface area contributed by atoms with Crippen molar-refractivity contribution < 1.29 is 18.7 Å². The van der Waals surface area contributed by atoms with Crippen molar-refractivity contribution in [1.82, 2.24) is 10.2 Å². The molecule has 5 nitrogen and oxygen atoms in total. The molecule has 0 saturated heterocycles. The van der Waals surface area contributed by atoms with Gasteiger partial charge < -0.3 is 15.0 Å². The van der Waals surface area contributed by atoms with Crippen LogP contribution in [0.25, 0.3) is 0 Å². The molecule has 0 bridgehead atoms. The Morgan fingerprint density at radius 3 is 2.27 bits per heavy atom. The zero-order valence-corrected chi connectivity index (χ0v) is 19.4. The lowest BCUT2D eigenvalue weighted by Crippen LogP contribution is -2.50. The smallest absolute Gasteiger partial charge is 0.261 e. The maximum Gasteiger partial charge on any atom is 0.261 e. The third-order valence-electron chi connectivity index (χ3n) is 4.78. The van der Waals surface area contributed by atoms with E-state index in [2.05, 4.69) is 21.2 Å². The predicted molar refractivity (Wildman–Crippen MR) is 119 cm³/mol. The Hall–Kier alpha value is -2.41. The van der Waals surface area contributed by atoms with Crippen molar-refractivity contribution in [2.24, 2.45) is 0 Å². The third-order valence-corrected chi connectivity index (χ3v) is 6.03. The Balaban J connectivity index is 2.22. The van der Waals surface area contributed by atoms with Gasteiger partial charge in [0, 0.05) is 17.6 Å². The molecule has 1 atom stereocenters. The van der Waals surface area contributed by atoms with E-state index in [4.69, 9.17) is 4.74 Å². The first-order valence-electron chi connectivity index (χ1n) is 9.97. The van der Waals surface area contributed by atoms with Gasteiger partial charge in [-0.05, 0) is 68.1 Å². The molecule has 0 aliphatic heterocycles. The summed E-state index contributed by atoms with van der Waals surface area (Å²) in [7, 11) is 0. The number of benzene rings is 2. The van der Waals surface area contributed by atoms with E-state index in [9.17, 15) is 14.0 Å². The number of likely N-dealkylation sites (N-methyl/N-ethyl adjacent to an activating group) is 1. The summed E-state index contributed by atoms with van der Waals surface area (Å²) in [6, 6.07) is 8.99. The summed E-state index contributed by atoms with van der Waals surface area (Å²) in [6.07, 6.45) is 0.454. The second-order valence-corrected chi connectivity index (χ2v) is 7.92. The highest BCUT2D eigenvalue weighted by atomic mass is 79.9. The van der Waals surface area contributed by atoms with Crippen LogP contribution in [0.1, 0.15) is 37.0 Å². The summed E-state index contributed by atoms with van der Waals surface area (Å²) in [5.74, 6) is -0.285. The predicted octanol–water partition coefficient (Wildman–Crippen LogP) is 4.53. The third kappa shape index (κ3) is 6.29. The van der Waals surface area contributed by atoms with Crippen LogP contribution in [0.4, 0.5) is 4.39 Å². The molecule has 7 heteroatoms. The minimum Gasteiger partial charge on any atom is -0.484 e. The molecule has 0 spiro atoms. The van der Waals surface area contributed by atoms with Crippen molar-refractivity contribution in [1.29, 1.82) is 0 Å². The van der Waals surface area contributed by atoms with E-state index in [0.29, 0.717) is 18.7 Å². The van der Waals surface area contributed by atoms with Crippen molar-refractivity contribution in [3.63, 3.8) is 0 Å². The van der Waals surface area contributed by atoms with Crippen LogP contribution in [0.3, 0.4) is 0 Å². The number of halogens is 2. The first-order chi connectivity index (χ1) is 14.3. The maximum absolute atomic E-state index is 13.3. The summed E-state index contributed by atoms with van der Waals surface area (Å²) in [5, 5.41) is 2.78. The molecule has 1 N–H and O–H groups in total. The topological polar surface area (TPSA) is 58.6 Å². The molecule has 30 heavy (non-hydrogen) atoms. The number of ether oxygens (including phenoxy) is 1. The zero-order chi connectivity index (χ0) is 22.3. The Kier molecular flexibility index (Phi) is 8.84. The Bertz CT molecular complexity index is 864. The molecular weight excluding hydrogens is 451 g/mol. The van der Waals surface area contributed by atoms with Crippen LogP contribution in [0.5, 0.6) is 5.75 Å². The average Bonchev–Trinajstić information content (AvgIpc) is 2.71. The fraction of sp³-hybridized carbons (Fsp3) is 0.391. The van der Waals surface area contributed by atoms with Crippen molar-refractivity contribution in [3.8, 4) is 5.75 Å². The number of carbonyl (C=O) groups excluding carboxylic acids is 2. The number of nitrogens with one attached hydrogen (secondary N) is 1. The number of nitrogens with zero attached hydrogens (tertiary/aromatic N) is 1. The van der Waals surface area contributed by atoms with Crippen LogP contribution in [-0.4, -0.2) is 35.9 Å². The average molecular weight is 479 g/mol. The lowest BCUT2D eigenvalue weighted by Gasteiger charge is -2.30. The first-order valence-corrected chi connectivity index (χ1v) is 10.8. The number of aryl methyl sites for hydroxylation is 2. The number of amides is 2. The van der Waals surface area contributed by atoms with Crippen LogP contribution in [0.2, 0.25) is 0 Å². The summed E-state index contributed by atoms with van der Waals surface area (Å²) >= 11 is 3.52. The van der Waals surface area contributed by atoms with E-state index in [1.807, 2.05) is 39.8 Å². The fourth-order valence-corrected chi connectivity index (χ4v) is 3.44. The van der Waals surface area contributed by atoms with Crippen molar-refractivity contribution in [2.45, 2.75) is 46.7 Å². The van der Waals surface area contributed by atoms with Gasteiger partial charge in [-0.3, -0.25) is 9.59 Å². The highest BCUT2D eigenvalue weighted by Crippen LogP contribution is 2.26. The molecule has 2 aromatic carbocycles. The van der Waals surface area contributed by atoms with Crippen LogP contribution in [-0.2, 0) is 16.1 Å². The second-order valence-electron chi connectivity index (χ2n) is 7.13. The minimum atomic E-state index is -0.639. The van der Waals surface area contributed by atoms with Crippen LogP contribution in [0, 0.1) is 19.7 Å². The molecule has 0 radical (unpaired) electrons. The number of rotatable bonds is 9. The van der Waals surface area contributed by atoms with Crippen molar-refractivity contribution in [3.05, 3.63) is 63.4 Å². The highest BCUT2D eigenvalue weighted by molar-refractivity contribution is 9.10. The summed E-state index contributed by atoms with van der Waals surface area (Å²) < 4.78 is 20.0. The first kappa shape index (κ1) is 23.9. The molecule has 0 saturated carbocycles. The second kappa shape index (κ2) is 11.1. The molecule has 2 rings (SSSR count). The quantitative estimate of drug-likeness (QED) is 0.575. The monoisotopic (exact) mass is 478 g/mol. The van der Waals surface area contributed by atoms with Gasteiger partial charge in [-0.25, -0.2) is 4.39 Å². The fourth-order valence-electron chi connectivity index (χ4n) is 3.22. The van der Waals surface area contributed by atoms with E-state index < -0.39 is 6.04 Å². The van der Waals surface area contributed by atoms with Crippen molar-refractivity contribution >= 4 is 27.7 Å². The van der Waals surface area contributed by atoms with Crippen LogP contribution >= 0.6 is 15.9 Å². The molecule has 1 unspecified atom stereocenters. The van der Waals surface area contributed by atoms with E-state index in [1.54, 1.807) is 12.1 Å². The Morgan fingerprint density at radius 2 is 1.73 bits per heavy atom. The molecule has 0 heterocycles. The van der Waals surface area contributed by atoms with E-state index in [-0.39, 0.29) is 30.8 Å². The molecule has 2 aromatic rings. The van der Waals surface area contributed by atoms with E-state index in [1.165, 1.54) is 17.0 Å². The summed E-state index contributed by atoms with van der Waals surface area (Å²) in [5.41, 5.74) is 2.76.